The van der Waals surface area contributed by atoms with Crippen LogP contribution in [0.4, 0.5) is 10.5 Å². The van der Waals surface area contributed by atoms with Crippen LogP contribution in [0.1, 0.15) is 13.3 Å². The number of H-pyrrole nitrogens is 1. The summed E-state index contributed by atoms with van der Waals surface area (Å²) in [5.74, 6) is -1.33. The zero-order valence-corrected chi connectivity index (χ0v) is 9.38. The molecule has 17 heavy (non-hydrogen) atoms. The van der Waals surface area contributed by atoms with Gasteiger partial charge in [-0.1, -0.05) is 0 Å². The highest BCUT2D eigenvalue weighted by atomic mass is 16.4. The zero-order chi connectivity index (χ0) is 12.4. The van der Waals surface area contributed by atoms with Gasteiger partial charge in [-0.05, 0) is 13.3 Å². The molecule has 0 spiro atoms. The van der Waals surface area contributed by atoms with E-state index in [1.54, 1.807) is 13.1 Å². The van der Waals surface area contributed by atoms with Crippen molar-refractivity contribution < 1.29 is 14.7 Å². The van der Waals surface area contributed by atoms with Gasteiger partial charge in [0.25, 0.3) is 0 Å². The monoisotopic (exact) mass is 238 g/mol. The van der Waals surface area contributed by atoms with Crippen LogP contribution >= 0.6 is 0 Å². The normalized spacial score (nSPS) is 23.7. The summed E-state index contributed by atoms with van der Waals surface area (Å²) >= 11 is 0. The quantitative estimate of drug-likeness (QED) is 0.707. The Morgan fingerprint density at radius 2 is 2.41 bits per heavy atom. The predicted octanol–water partition coefficient (Wildman–Crippen LogP) is 0.737. The van der Waals surface area contributed by atoms with Gasteiger partial charge in [0.1, 0.15) is 0 Å². The third-order valence-electron chi connectivity index (χ3n) is 3.08. The molecule has 2 amide bonds. The number of anilines is 1. The minimum atomic E-state index is -0.851. The number of urea groups is 1. The third kappa shape index (κ3) is 2.22. The summed E-state index contributed by atoms with van der Waals surface area (Å²) in [5.41, 5.74) is 0.570. The van der Waals surface area contributed by atoms with E-state index in [4.69, 9.17) is 5.11 Å². The Labute approximate surface area is 97.8 Å². The van der Waals surface area contributed by atoms with Gasteiger partial charge in [-0.25, -0.2) is 4.79 Å². The first-order chi connectivity index (χ1) is 8.09. The molecule has 0 radical (unpaired) electrons. The minimum absolute atomic E-state index is 0.289. The molecule has 1 aliphatic heterocycles. The second-order valence-electron chi connectivity index (χ2n) is 4.08. The van der Waals surface area contributed by atoms with Gasteiger partial charge in [0.05, 0.1) is 17.8 Å². The van der Waals surface area contributed by atoms with Crippen LogP contribution in [-0.4, -0.2) is 44.8 Å². The molecule has 0 aliphatic carbocycles. The fraction of sp³-hybridized carbons (Fsp3) is 0.500. The number of hydrogen-bond acceptors (Lipinski definition) is 3. The van der Waals surface area contributed by atoms with Crippen molar-refractivity contribution in [2.24, 2.45) is 5.92 Å². The summed E-state index contributed by atoms with van der Waals surface area (Å²) in [6.45, 7) is 2.21. The van der Waals surface area contributed by atoms with Crippen molar-refractivity contribution in [3.8, 4) is 0 Å². The topological polar surface area (TPSA) is 98.3 Å². The predicted molar refractivity (Wildman–Crippen MR) is 59.5 cm³/mol. The summed E-state index contributed by atoms with van der Waals surface area (Å²) in [6, 6.07) is -0.581. The van der Waals surface area contributed by atoms with Crippen molar-refractivity contribution in [3.63, 3.8) is 0 Å². The lowest BCUT2D eigenvalue weighted by molar-refractivity contribution is -0.142. The molecule has 7 nitrogen and oxygen atoms in total. The molecule has 0 bridgehead atoms. The lowest BCUT2D eigenvalue weighted by Crippen LogP contribution is -2.40. The van der Waals surface area contributed by atoms with E-state index in [0.29, 0.717) is 18.7 Å². The largest absolute Gasteiger partial charge is 0.481 e. The van der Waals surface area contributed by atoms with Crippen LogP contribution in [0.5, 0.6) is 0 Å². The molecule has 92 valence electrons. The van der Waals surface area contributed by atoms with Gasteiger partial charge in [0.15, 0.2) is 0 Å². The Kier molecular flexibility index (Phi) is 2.99. The second kappa shape index (κ2) is 4.44. The number of carbonyl (C=O) groups excluding carboxylic acids is 1. The number of aromatic nitrogens is 2. The maximum atomic E-state index is 11.9. The van der Waals surface area contributed by atoms with E-state index in [0.717, 1.165) is 0 Å². The van der Waals surface area contributed by atoms with Gasteiger partial charge in [-0.3, -0.25) is 9.89 Å². The Morgan fingerprint density at radius 3 is 2.94 bits per heavy atom. The van der Waals surface area contributed by atoms with E-state index < -0.39 is 11.9 Å². The summed E-state index contributed by atoms with van der Waals surface area (Å²) in [5, 5.41) is 17.9. The van der Waals surface area contributed by atoms with Crippen molar-refractivity contribution in [3.05, 3.63) is 12.4 Å². The highest BCUT2D eigenvalue weighted by Crippen LogP contribution is 2.24. The molecule has 1 aromatic heterocycles. The standard InChI is InChI=1S/C10H14N4O3/c1-6-8(9(15)16)2-3-14(6)10(17)13-7-4-11-12-5-7/h4-6,8H,2-3H2,1H3,(H,11,12)(H,13,17)(H,15,16). The van der Waals surface area contributed by atoms with Crippen LogP contribution in [0.25, 0.3) is 0 Å². The summed E-state index contributed by atoms with van der Waals surface area (Å²) in [7, 11) is 0. The van der Waals surface area contributed by atoms with Gasteiger partial charge in [-0.15, -0.1) is 0 Å². The van der Waals surface area contributed by atoms with E-state index >= 15 is 0 Å². The molecule has 2 rings (SSSR count). The molecular weight excluding hydrogens is 224 g/mol. The van der Waals surface area contributed by atoms with Crippen molar-refractivity contribution in [2.45, 2.75) is 19.4 Å². The van der Waals surface area contributed by atoms with Crippen LogP contribution in [0.15, 0.2) is 12.4 Å². The van der Waals surface area contributed by atoms with Gasteiger partial charge < -0.3 is 15.3 Å². The molecule has 0 saturated carbocycles. The first-order valence-electron chi connectivity index (χ1n) is 5.39. The lowest BCUT2D eigenvalue weighted by atomic mass is 10.0. The molecule has 2 unspecified atom stereocenters. The average molecular weight is 238 g/mol. The SMILES string of the molecule is CC1C(C(=O)O)CCN1C(=O)Nc1cn[nH]c1. The number of rotatable bonds is 2. The van der Waals surface area contributed by atoms with Gasteiger partial charge >= 0.3 is 12.0 Å². The maximum absolute atomic E-state index is 11.9. The first-order valence-corrected chi connectivity index (χ1v) is 5.39. The fourth-order valence-corrected chi connectivity index (χ4v) is 2.07. The molecule has 1 aromatic rings. The van der Waals surface area contributed by atoms with Crippen LogP contribution < -0.4 is 5.32 Å². The van der Waals surface area contributed by atoms with Gasteiger partial charge in [-0.2, -0.15) is 5.10 Å². The van der Waals surface area contributed by atoms with E-state index in [2.05, 4.69) is 15.5 Å². The van der Waals surface area contributed by atoms with Crippen molar-refractivity contribution in [2.75, 3.05) is 11.9 Å². The Balaban J connectivity index is 1.99. The van der Waals surface area contributed by atoms with E-state index in [1.807, 2.05) is 0 Å². The van der Waals surface area contributed by atoms with Crippen molar-refractivity contribution in [1.82, 2.24) is 15.1 Å². The molecule has 1 fully saturated rings. The molecule has 1 saturated heterocycles. The van der Waals surface area contributed by atoms with Crippen molar-refractivity contribution >= 4 is 17.7 Å². The molecule has 2 heterocycles. The highest BCUT2D eigenvalue weighted by molar-refractivity contribution is 5.90. The van der Waals surface area contributed by atoms with Crippen molar-refractivity contribution in [1.29, 1.82) is 0 Å². The molecule has 1 aliphatic rings. The van der Waals surface area contributed by atoms with Gasteiger partial charge in [0.2, 0.25) is 0 Å². The van der Waals surface area contributed by atoms with E-state index in [9.17, 15) is 9.59 Å². The number of aromatic amines is 1. The summed E-state index contributed by atoms with van der Waals surface area (Å²) in [4.78, 5) is 24.3. The Hall–Kier alpha value is -2.05. The van der Waals surface area contributed by atoms with Gasteiger partial charge in [0, 0.05) is 18.8 Å². The fourth-order valence-electron chi connectivity index (χ4n) is 2.07. The maximum Gasteiger partial charge on any atom is 0.322 e. The zero-order valence-electron chi connectivity index (χ0n) is 9.38. The van der Waals surface area contributed by atoms with Crippen LogP contribution in [0.3, 0.4) is 0 Å². The number of likely N-dealkylation sites (tertiary alicyclic amines) is 1. The number of carboxylic acids is 1. The number of nitrogens with one attached hydrogen (secondary N) is 2. The summed E-state index contributed by atoms with van der Waals surface area (Å²) in [6.07, 6.45) is 3.55. The molecule has 7 heteroatoms. The van der Waals surface area contributed by atoms with Crippen LogP contribution in [0.2, 0.25) is 0 Å². The number of nitrogens with zero attached hydrogens (tertiary/aromatic N) is 2. The summed E-state index contributed by atoms with van der Waals surface area (Å²) < 4.78 is 0. The smallest absolute Gasteiger partial charge is 0.322 e. The Bertz CT molecular complexity index is 417. The number of aliphatic carboxylic acids is 1. The van der Waals surface area contributed by atoms with Crippen LogP contribution in [-0.2, 0) is 4.79 Å². The van der Waals surface area contributed by atoms with E-state index in [-0.39, 0.29) is 12.1 Å². The number of hydrogen-bond donors (Lipinski definition) is 3. The molecule has 3 N–H and O–H groups in total. The molecule has 2 atom stereocenters. The number of amides is 2. The third-order valence-corrected chi connectivity index (χ3v) is 3.08. The second-order valence-corrected chi connectivity index (χ2v) is 4.08. The Morgan fingerprint density at radius 1 is 1.65 bits per heavy atom. The van der Waals surface area contributed by atoms with Crippen LogP contribution in [0, 0.1) is 5.92 Å². The molecule has 0 aromatic carbocycles. The number of carboxylic acid groups (broad SMARTS) is 1. The first kappa shape index (κ1) is 11.4. The van der Waals surface area contributed by atoms with E-state index in [1.165, 1.54) is 11.1 Å². The number of carbonyl (C=O) groups is 2. The lowest BCUT2D eigenvalue weighted by Gasteiger charge is -2.23. The molecular formula is C10H14N4O3. The highest BCUT2D eigenvalue weighted by Gasteiger charge is 2.38. The average Bonchev–Trinajstić information content (AvgIpc) is 2.86. The minimum Gasteiger partial charge on any atom is -0.481 e.